The summed E-state index contributed by atoms with van der Waals surface area (Å²) >= 11 is 0. The van der Waals surface area contributed by atoms with Crippen LogP contribution in [0.3, 0.4) is 0 Å². The first-order chi connectivity index (χ1) is 11.1. The van der Waals surface area contributed by atoms with Crippen molar-refractivity contribution in [2.75, 3.05) is 10.6 Å². The van der Waals surface area contributed by atoms with Gasteiger partial charge in [0, 0.05) is 28.5 Å². The number of H-pyrrole nitrogens is 1. The predicted molar refractivity (Wildman–Crippen MR) is 90.3 cm³/mol. The van der Waals surface area contributed by atoms with E-state index in [4.69, 9.17) is 5.73 Å². The lowest BCUT2D eigenvalue weighted by Crippen LogP contribution is -2.19. The molecule has 0 unspecified atom stereocenters. The van der Waals surface area contributed by atoms with Crippen molar-refractivity contribution in [2.24, 2.45) is 5.73 Å². The van der Waals surface area contributed by atoms with Crippen molar-refractivity contribution in [1.29, 1.82) is 0 Å². The molecule has 5 N–H and O–H groups in total. The van der Waals surface area contributed by atoms with Gasteiger partial charge >= 0.3 is 6.03 Å². The summed E-state index contributed by atoms with van der Waals surface area (Å²) in [6, 6.07) is 14.0. The first-order valence-corrected chi connectivity index (χ1v) is 7.13. The van der Waals surface area contributed by atoms with Crippen LogP contribution in [0.1, 0.15) is 5.56 Å². The van der Waals surface area contributed by atoms with E-state index < -0.39 is 6.03 Å². The molecule has 0 spiro atoms. The lowest BCUT2D eigenvalue weighted by atomic mass is 10.1. The van der Waals surface area contributed by atoms with E-state index in [9.17, 15) is 9.59 Å². The number of amides is 3. The highest BCUT2D eigenvalue weighted by Crippen LogP contribution is 2.19. The average Bonchev–Trinajstić information content (AvgIpc) is 2.90. The Bertz CT molecular complexity index is 870. The van der Waals surface area contributed by atoms with Gasteiger partial charge in [0.05, 0.1) is 6.42 Å². The Hall–Kier alpha value is -3.28. The zero-order chi connectivity index (χ0) is 16.2. The van der Waals surface area contributed by atoms with E-state index in [1.54, 1.807) is 24.3 Å². The fourth-order valence-corrected chi connectivity index (χ4v) is 2.47. The molecule has 3 aromatic rings. The van der Waals surface area contributed by atoms with E-state index in [0.29, 0.717) is 11.4 Å². The molecule has 116 valence electrons. The molecule has 6 nitrogen and oxygen atoms in total. The maximum absolute atomic E-state index is 12.2. The first kappa shape index (κ1) is 14.6. The minimum Gasteiger partial charge on any atom is -0.361 e. The van der Waals surface area contributed by atoms with Gasteiger partial charge in [0.25, 0.3) is 0 Å². The number of fused-ring (bicyclic) bond motifs is 1. The van der Waals surface area contributed by atoms with Gasteiger partial charge in [-0.15, -0.1) is 0 Å². The van der Waals surface area contributed by atoms with Crippen LogP contribution in [-0.2, 0) is 11.2 Å². The molecule has 2 aromatic carbocycles. The SMILES string of the molecule is NC(=O)Nc1cccc(NC(=O)Cc2c[nH]c3ccccc23)c1. The molecule has 1 aromatic heterocycles. The highest BCUT2D eigenvalue weighted by atomic mass is 16.2. The number of primary amides is 1. The van der Waals surface area contributed by atoms with Crippen molar-refractivity contribution in [2.45, 2.75) is 6.42 Å². The second-order valence-corrected chi connectivity index (χ2v) is 5.15. The minimum absolute atomic E-state index is 0.133. The van der Waals surface area contributed by atoms with E-state index in [2.05, 4.69) is 15.6 Å². The molecule has 0 bridgehead atoms. The number of aromatic nitrogens is 1. The van der Waals surface area contributed by atoms with Crippen molar-refractivity contribution >= 4 is 34.2 Å². The van der Waals surface area contributed by atoms with E-state index in [0.717, 1.165) is 16.5 Å². The average molecular weight is 308 g/mol. The smallest absolute Gasteiger partial charge is 0.316 e. The van der Waals surface area contributed by atoms with Gasteiger partial charge < -0.3 is 21.4 Å². The number of para-hydroxylation sites is 1. The second kappa shape index (κ2) is 6.23. The summed E-state index contributed by atoms with van der Waals surface area (Å²) < 4.78 is 0. The molecule has 6 heteroatoms. The molecule has 0 aliphatic rings. The second-order valence-electron chi connectivity index (χ2n) is 5.15. The molecule has 23 heavy (non-hydrogen) atoms. The summed E-state index contributed by atoms with van der Waals surface area (Å²) in [5, 5.41) is 6.32. The quantitative estimate of drug-likeness (QED) is 0.596. The fourth-order valence-electron chi connectivity index (χ4n) is 2.47. The van der Waals surface area contributed by atoms with E-state index >= 15 is 0 Å². The number of anilines is 2. The molecule has 3 rings (SSSR count). The van der Waals surface area contributed by atoms with Crippen LogP contribution in [0.4, 0.5) is 16.2 Å². The third-order valence-electron chi connectivity index (χ3n) is 3.44. The van der Waals surface area contributed by atoms with Crippen LogP contribution in [0, 0.1) is 0 Å². The first-order valence-electron chi connectivity index (χ1n) is 7.13. The Balaban J connectivity index is 1.71. The molecule has 0 saturated heterocycles. The van der Waals surface area contributed by atoms with E-state index in [-0.39, 0.29) is 12.3 Å². The van der Waals surface area contributed by atoms with Crippen LogP contribution >= 0.6 is 0 Å². The Morgan fingerprint density at radius 2 is 1.74 bits per heavy atom. The highest BCUT2D eigenvalue weighted by molar-refractivity contribution is 5.96. The highest BCUT2D eigenvalue weighted by Gasteiger charge is 2.09. The number of carbonyl (C=O) groups excluding carboxylic acids is 2. The van der Waals surface area contributed by atoms with Gasteiger partial charge in [-0.1, -0.05) is 24.3 Å². The molecular weight excluding hydrogens is 292 g/mol. The number of rotatable bonds is 4. The number of hydrogen-bond acceptors (Lipinski definition) is 2. The number of hydrogen-bond donors (Lipinski definition) is 4. The topological polar surface area (TPSA) is 100 Å². The number of nitrogens with two attached hydrogens (primary N) is 1. The molecule has 1 heterocycles. The number of urea groups is 1. The van der Waals surface area contributed by atoms with Gasteiger partial charge in [-0.25, -0.2) is 4.79 Å². The standard InChI is InChI=1S/C17H16N4O2/c18-17(23)21-13-5-3-4-12(9-13)20-16(22)8-11-10-19-15-7-2-1-6-14(11)15/h1-7,9-10,19H,8H2,(H,20,22)(H3,18,21,23). The van der Waals surface area contributed by atoms with E-state index in [1.807, 2.05) is 30.5 Å². The molecule has 0 fully saturated rings. The molecule has 3 amide bonds. The maximum atomic E-state index is 12.2. The number of aromatic amines is 1. The van der Waals surface area contributed by atoms with Crippen molar-refractivity contribution < 1.29 is 9.59 Å². The largest absolute Gasteiger partial charge is 0.361 e. The van der Waals surface area contributed by atoms with Crippen molar-refractivity contribution in [3.05, 3.63) is 60.3 Å². The maximum Gasteiger partial charge on any atom is 0.316 e. The Kier molecular flexibility index (Phi) is 3.97. The normalized spacial score (nSPS) is 10.4. The Labute approximate surface area is 132 Å². The van der Waals surface area contributed by atoms with E-state index in [1.165, 1.54) is 0 Å². The molecule has 0 radical (unpaired) electrons. The van der Waals surface area contributed by atoms with Gasteiger partial charge in [0.2, 0.25) is 5.91 Å². The minimum atomic E-state index is -0.646. The van der Waals surface area contributed by atoms with Crippen LogP contribution in [0.25, 0.3) is 10.9 Å². The fraction of sp³-hybridized carbons (Fsp3) is 0.0588. The van der Waals surface area contributed by atoms with Gasteiger partial charge in [-0.05, 0) is 29.8 Å². The molecule has 0 aliphatic heterocycles. The summed E-state index contributed by atoms with van der Waals surface area (Å²) in [4.78, 5) is 26.2. The van der Waals surface area contributed by atoms with Gasteiger partial charge in [0.1, 0.15) is 0 Å². The number of nitrogens with one attached hydrogen (secondary N) is 3. The molecule has 0 aliphatic carbocycles. The van der Waals surface area contributed by atoms with Crippen LogP contribution in [0.5, 0.6) is 0 Å². The predicted octanol–water partition coefficient (Wildman–Crippen LogP) is 2.84. The van der Waals surface area contributed by atoms with Crippen LogP contribution in [0.2, 0.25) is 0 Å². The van der Waals surface area contributed by atoms with Crippen molar-refractivity contribution in [1.82, 2.24) is 4.98 Å². The molecular formula is C17H16N4O2. The Morgan fingerprint density at radius 1 is 1.00 bits per heavy atom. The Morgan fingerprint density at radius 3 is 2.52 bits per heavy atom. The van der Waals surface area contributed by atoms with Crippen molar-refractivity contribution in [3.8, 4) is 0 Å². The summed E-state index contributed by atoms with van der Waals surface area (Å²) in [6.45, 7) is 0. The van der Waals surface area contributed by atoms with Crippen LogP contribution < -0.4 is 16.4 Å². The van der Waals surface area contributed by atoms with Gasteiger partial charge in [0.15, 0.2) is 0 Å². The number of benzene rings is 2. The zero-order valence-electron chi connectivity index (χ0n) is 12.3. The third kappa shape index (κ3) is 3.49. The van der Waals surface area contributed by atoms with Crippen molar-refractivity contribution in [3.63, 3.8) is 0 Å². The monoisotopic (exact) mass is 308 g/mol. The molecule has 0 atom stereocenters. The summed E-state index contributed by atoms with van der Waals surface area (Å²) in [7, 11) is 0. The van der Waals surface area contributed by atoms with Gasteiger partial charge in [-0.2, -0.15) is 0 Å². The lowest BCUT2D eigenvalue weighted by molar-refractivity contribution is -0.115. The van der Waals surface area contributed by atoms with Gasteiger partial charge in [-0.3, -0.25) is 4.79 Å². The van der Waals surface area contributed by atoms with Crippen LogP contribution in [-0.4, -0.2) is 16.9 Å². The summed E-state index contributed by atoms with van der Waals surface area (Å²) in [5.41, 5.74) is 8.14. The summed E-state index contributed by atoms with van der Waals surface area (Å²) in [5.74, 6) is -0.133. The summed E-state index contributed by atoms with van der Waals surface area (Å²) in [6.07, 6.45) is 2.10. The van der Waals surface area contributed by atoms with Crippen LogP contribution in [0.15, 0.2) is 54.7 Å². The lowest BCUT2D eigenvalue weighted by Gasteiger charge is -2.07. The zero-order valence-corrected chi connectivity index (χ0v) is 12.3. The molecule has 0 saturated carbocycles. The third-order valence-corrected chi connectivity index (χ3v) is 3.44. The number of carbonyl (C=O) groups is 2.